The molecule has 2 aromatic rings. The molecule has 0 heterocycles. The number of hydrogen-bond donors (Lipinski definition) is 1. The Morgan fingerprint density at radius 3 is 2.44 bits per heavy atom. The first-order valence-corrected chi connectivity index (χ1v) is 8.63. The van der Waals surface area contributed by atoms with Gasteiger partial charge in [-0.3, -0.25) is 9.59 Å². The summed E-state index contributed by atoms with van der Waals surface area (Å²) in [5.74, 6) is 0.445. The molecule has 132 valence electrons. The molecule has 0 aliphatic carbocycles. The fourth-order valence-corrected chi connectivity index (χ4v) is 2.69. The summed E-state index contributed by atoms with van der Waals surface area (Å²) in [4.78, 5) is 25.0. The van der Waals surface area contributed by atoms with Crippen LogP contribution in [0.3, 0.4) is 0 Å². The highest BCUT2D eigenvalue weighted by Crippen LogP contribution is 2.23. The van der Waals surface area contributed by atoms with Crippen molar-refractivity contribution in [1.29, 1.82) is 0 Å². The van der Waals surface area contributed by atoms with Crippen molar-refractivity contribution in [3.8, 4) is 5.75 Å². The summed E-state index contributed by atoms with van der Waals surface area (Å²) in [6.45, 7) is 5.96. The van der Waals surface area contributed by atoms with E-state index in [1.54, 1.807) is 24.3 Å². The molecule has 0 aromatic heterocycles. The Morgan fingerprint density at radius 2 is 1.80 bits per heavy atom. The van der Waals surface area contributed by atoms with Gasteiger partial charge in [0.25, 0.3) is 5.91 Å². The number of ether oxygens (including phenoxy) is 1. The van der Waals surface area contributed by atoms with Crippen LogP contribution in [0.1, 0.15) is 53.5 Å². The molecule has 0 aliphatic rings. The average molecular weight is 339 g/mol. The average Bonchev–Trinajstić information content (AvgIpc) is 2.66. The number of benzene rings is 2. The number of carbonyl (C=O) groups excluding carboxylic acids is 2. The zero-order valence-electron chi connectivity index (χ0n) is 15.3. The van der Waals surface area contributed by atoms with E-state index in [0.717, 1.165) is 24.0 Å². The summed E-state index contributed by atoms with van der Waals surface area (Å²) >= 11 is 0. The molecule has 0 saturated carbocycles. The molecule has 0 saturated heterocycles. The van der Waals surface area contributed by atoms with E-state index in [2.05, 4.69) is 5.32 Å². The number of aryl methyl sites for hydroxylation is 1. The van der Waals surface area contributed by atoms with E-state index in [4.69, 9.17) is 4.74 Å². The number of carbonyl (C=O) groups is 2. The quantitative estimate of drug-likeness (QED) is 0.741. The Morgan fingerprint density at radius 1 is 1.08 bits per heavy atom. The van der Waals surface area contributed by atoms with Crippen LogP contribution in [0.4, 0.5) is 5.69 Å². The predicted molar refractivity (Wildman–Crippen MR) is 101 cm³/mol. The number of amides is 1. The van der Waals surface area contributed by atoms with Crippen LogP contribution in [0.2, 0.25) is 0 Å². The number of anilines is 1. The largest absolute Gasteiger partial charge is 0.496 e. The Labute approximate surface area is 149 Å². The lowest BCUT2D eigenvalue weighted by Crippen LogP contribution is -2.15. The van der Waals surface area contributed by atoms with Crippen LogP contribution >= 0.6 is 0 Å². The molecule has 0 radical (unpaired) electrons. The van der Waals surface area contributed by atoms with Gasteiger partial charge in [-0.25, -0.2) is 0 Å². The molecule has 4 nitrogen and oxygen atoms in total. The third-order valence-corrected chi connectivity index (χ3v) is 4.42. The van der Waals surface area contributed by atoms with Gasteiger partial charge in [0.1, 0.15) is 5.75 Å². The first-order valence-electron chi connectivity index (χ1n) is 8.63. The van der Waals surface area contributed by atoms with Crippen LogP contribution in [0.5, 0.6) is 5.75 Å². The zero-order valence-corrected chi connectivity index (χ0v) is 15.3. The maximum absolute atomic E-state index is 12.5. The molecule has 1 atom stereocenters. The second kappa shape index (κ2) is 8.47. The topological polar surface area (TPSA) is 55.4 Å². The summed E-state index contributed by atoms with van der Waals surface area (Å²) in [5, 5.41) is 2.89. The summed E-state index contributed by atoms with van der Waals surface area (Å²) in [6, 6.07) is 12.6. The van der Waals surface area contributed by atoms with Crippen molar-refractivity contribution < 1.29 is 14.3 Å². The Hall–Kier alpha value is -2.62. The van der Waals surface area contributed by atoms with Gasteiger partial charge in [-0.1, -0.05) is 32.9 Å². The zero-order chi connectivity index (χ0) is 18.4. The Balaban J connectivity index is 2.26. The van der Waals surface area contributed by atoms with Crippen molar-refractivity contribution in [2.24, 2.45) is 5.92 Å². The molecule has 25 heavy (non-hydrogen) atoms. The minimum Gasteiger partial charge on any atom is -0.496 e. The van der Waals surface area contributed by atoms with E-state index < -0.39 is 0 Å². The fraction of sp³-hybridized carbons (Fsp3) is 0.333. The van der Waals surface area contributed by atoms with Gasteiger partial charge in [-0.05, 0) is 48.7 Å². The number of ketones is 1. The van der Waals surface area contributed by atoms with Crippen molar-refractivity contribution in [1.82, 2.24) is 0 Å². The van der Waals surface area contributed by atoms with E-state index in [-0.39, 0.29) is 17.6 Å². The van der Waals surface area contributed by atoms with E-state index in [0.29, 0.717) is 17.0 Å². The molecule has 0 aliphatic heterocycles. The van der Waals surface area contributed by atoms with Crippen LogP contribution in [0.15, 0.2) is 42.5 Å². The monoisotopic (exact) mass is 339 g/mol. The standard InChI is InChI=1S/C21H25NO3/c1-5-14(3)20(23)17-12-11-16(13-15(17)6-2)22-21(24)18-9-7-8-10-19(18)25-4/h7-14H,5-6H2,1-4H3,(H,22,24). The lowest BCUT2D eigenvalue weighted by molar-refractivity contribution is 0.0926. The van der Waals surface area contributed by atoms with Gasteiger partial charge in [-0.15, -0.1) is 0 Å². The molecule has 2 aromatic carbocycles. The van der Waals surface area contributed by atoms with Gasteiger partial charge in [0, 0.05) is 17.2 Å². The second-order valence-corrected chi connectivity index (χ2v) is 6.05. The third kappa shape index (κ3) is 4.27. The molecule has 2 rings (SSSR count). The number of Topliss-reactive ketones (excluding diaryl/α,β-unsaturated/α-hetero) is 1. The highest BCUT2D eigenvalue weighted by molar-refractivity contribution is 6.06. The highest BCUT2D eigenvalue weighted by atomic mass is 16.5. The molecule has 1 N–H and O–H groups in total. The first-order chi connectivity index (χ1) is 12.0. The van der Waals surface area contributed by atoms with Crippen LogP contribution in [-0.2, 0) is 6.42 Å². The molecule has 0 fully saturated rings. The van der Waals surface area contributed by atoms with Gasteiger partial charge in [0.2, 0.25) is 0 Å². The maximum atomic E-state index is 12.5. The predicted octanol–water partition coefficient (Wildman–Crippen LogP) is 4.74. The molecule has 4 heteroatoms. The second-order valence-electron chi connectivity index (χ2n) is 6.05. The SMILES string of the molecule is CCc1cc(NC(=O)c2ccccc2OC)ccc1C(=O)C(C)CC. The third-order valence-electron chi connectivity index (χ3n) is 4.42. The number of hydrogen-bond acceptors (Lipinski definition) is 3. The molecule has 0 bridgehead atoms. The van der Waals surface area contributed by atoms with Crippen LogP contribution in [-0.4, -0.2) is 18.8 Å². The fourth-order valence-electron chi connectivity index (χ4n) is 2.69. The number of methoxy groups -OCH3 is 1. The smallest absolute Gasteiger partial charge is 0.259 e. The molecular formula is C21H25NO3. The minimum absolute atomic E-state index is 0.000629. The van der Waals surface area contributed by atoms with Gasteiger partial charge in [-0.2, -0.15) is 0 Å². The van der Waals surface area contributed by atoms with E-state index in [1.165, 1.54) is 7.11 Å². The number of nitrogens with one attached hydrogen (secondary N) is 1. The summed E-state index contributed by atoms with van der Waals surface area (Å²) in [6.07, 6.45) is 1.55. The molecule has 1 amide bonds. The first kappa shape index (κ1) is 18.7. The summed E-state index contributed by atoms with van der Waals surface area (Å²) < 4.78 is 5.23. The van der Waals surface area contributed by atoms with Crippen molar-refractivity contribution >= 4 is 17.4 Å². The van der Waals surface area contributed by atoms with E-state index >= 15 is 0 Å². The molecular weight excluding hydrogens is 314 g/mol. The van der Waals surface area contributed by atoms with Crippen LogP contribution < -0.4 is 10.1 Å². The van der Waals surface area contributed by atoms with Crippen molar-refractivity contribution in [2.45, 2.75) is 33.6 Å². The normalized spacial score (nSPS) is 11.7. The lowest BCUT2D eigenvalue weighted by atomic mass is 9.92. The Kier molecular flexibility index (Phi) is 6.34. The van der Waals surface area contributed by atoms with E-state index in [1.807, 2.05) is 39.0 Å². The number of para-hydroxylation sites is 1. The van der Waals surface area contributed by atoms with Crippen LogP contribution in [0.25, 0.3) is 0 Å². The van der Waals surface area contributed by atoms with Crippen molar-refractivity contribution in [3.05, 3.63) is 59.2 Å². The maximum Gasteiger partial charge on any atom is 0.259 e. The van der Waals surface area contributed by atoms with Crippen molar-refractivity contribution in [3.63, 3.8) is 0 Å². The highest BCUT2D eigenvalue weighted by Gasteiger charge is 2.17. The van der Waals surface area contributed by atoms with Crippen molar-refractivity contribution in [2.75, 3.05) is 12.4 Å². The minimum atomic E-state index is -0.236. The lowest BCUT2D eigenvalue weighted by Gasteiger charge is -2.14. The van der Waals surface area contributed by atoms with Gasteiger partial charge in [0.05, 0.1) is 12.7 Å². The number of rotatable bonds is 7. The molecule has 1 unspecified atom stereocenters. The van der Waals surface area contributed by atoms with Gasteiger partial charge in [0.15, 0.2) is 5.78 Å². The van der Waals surface area contributed by atoms with Gasteiger partial charge < -0.3 is 10.1 Å². The van der Waals surface area contributed by atoms with E-state index in [9.17, 15) is 9.59 Å². The summed E-state index contributed by atoms with van der Waals surface area (Å²) in [7, 11) is 1.54. The Bertz CT molecular complexity index is 767. The van der Waals surface area contributed by atoms with Crippen LogP contribution in [0, 0.1) is 5.92 Å². The summed E-state index contributed by atoms with van der Waals surface area (Å²) in [5.41, 5.74) is 2.84. The van der Waals surface area contributed by atoms with Gasteiger partial charge >= 0.3 is 0 Å². The molecule has 0 spiro atoms.